The Bertz CT molecular complexity index is 327. The lowest BCUT2D eigenvalue weighted by atomic mass is 10.3. The van der Waals surface area contributed by atoms with Crippen LogP contribution in [-0.4, -0.2) is 45.2 Å². The van der Waals surface area contributed by atoms with Gasteiger partial charge in [-0.15, -0.1) is 0 Å². The van der Waals surface area contributed by atoms with Crippen LogP contribution in [0.1, 0.15) is 19.8 Å². The fraction of sp³-hybridized carbons (Fsp3) is 0.750. The predicted molar refractivity (Wildman–Crippen MR) is 57.7 cm³/mol. The number of unbranched alkanes of at least 4 members (excludes halogenated alkanes) is 1. The second-order valence-electron chi connectivity index (χ2n) is 3.42. The van der Waals surface area contributed by atoms with Gasteiger partial charge in [-0.2, -0.15) is 4.99 Å². The number of hydrogen-bond acceptors (Lipinski definition) is 4. The molecule has 0 saturated carbocycles. The van der Waals surface area contributed by atoms with Crippen LogP contribution in [0.3, 0.4) is 0 Å². The molecule has 0 aliphatic carbocycles. The van der Waals surface area contributed by atoms with E-state index in [9.17, 15) is 0 Å². The van der Waals surface area contributed by atoms with Gasteiger partial charge in [0.2, 0.25) is 0 Å². The molecule has 1 heterocycles. The van der Waals surface area contributed by atoms with Crippen LogP contribution in [0.5, 0.6) is 0 Å². The van der Waals surface area contributed by atoms with E-state index in [1.165, 1.54) is 0 Å². The Balaban J connectivity index is 2.76. The Morgan fingerprint density at radius 1 is 1.53 bits per heavy atom. The van der Waals surface area contributed by atoms with Crippen molar-refractivity contribution < 1.29 is 0 Å². The molecule has 1 rings (SSSR count). The lowest BCUT2D eigenvalue weighted by molar-refractivity contribution is 0.553. The van der Waals surface area contributed by atoms with Gasteiger partial charge in [0.25, 0.3) is 5.95 Å². The third-order valence-corrected chi connectivity index (χ3v) is 1.91. The van der Waals surface area contributed by atoms with E-state index in [0.717, 1.165) is 19.4 Å². The summed E-state index contributed by atoms with van der Waals surface area (Å²) in [5.41, 5.74) is 5.67. The fourth-order valence-corrected chi connectivity index (χ4v) is 0.935. The molecule has 0 fully saturated rings. The van der Waals surface area contributed by atoms with Crippen molar-refractivity contribution in [3.8, 4) is 0 Å². The van der Waals surface area contributed by atoms with Gasteiger partial charge in [-0.25, -0.2) is 4.68 Å². The zero-order chi connectivity index (χ0) is 11.3. The van der Waals surface area contributed by atoms with Crippen LogP contribution in [-0.2, 0) is 6.54 Å². The Kier molecular flexibility index (Phi) is 4.02. The van der Waals surface area contributed by atoms with Crippen molar-refractivity contribution >= 4 is 11.9 Å². The molecular weight excluding hydrogens is 194 g/mol. The molecule has 0 aromatic carbocycles. The van der Waals surface area contributed by atoms with E-state index in [-0.39, 0.29) is 0 Å². The van der Waals surface area contributed by atoms with Crippen LogP contribution in [0.4, 0.5) is 5.95 Å². The van der Waals surface area contributed by atoms with Gasteiger partial charge in [0.05, 0.1) is 0 Å². The molecule has 7 nitrogen and oxygen atoms in total. The highest BCUT2D eigenvalue weighted by molar-refractivity contribution is 5.79. The first kappa shape index (κ1) is 11.4. The molecule has 0 aliphatic heterocycles. The largest absolute Gasteiger partial charge is 0.369 e. The molecule has 0 aliphatic rings. The number of rotatable bonds is 4. The van der Waals surface area contributed by atoms with Gasteiger partial charge < -0.3 is 10.6 Å². The number of hydrogen-bond donors (Lipinski definition) is 1. The molecule has 7 heteroatoms. The summed E-state index contributed by atoms with van der Waals surface area (Å²) < 4.78 is 1.65. The summed E-state index contributed by atoms with van der Waals surface area (Å²) in [6.45, 7) is 2.88. The standard InChI is InChI=1S/C8H17N7/c1-4-5-6-15-8(11-12-13-15)10-7(9)14(2)3/h4-6H2,1-3H3,(H2,9,10,11,13). The van der Waals surface area contributed by atoms with Crippen LogP contribution >= 0.6 is 0 Å². The summed E-state index contributed by atoms with van der Waals surface area (Å²) in [5, 5.41) is 11.2. The number of guanidine groups is 1. The summed E-state index contributed by atoms with van der Waals surface area (Å²) in [7, 11) is 3.64. The minimum absolute atomic E-state index is 0.391. The van der Waals surface area contributed by atoms with Gasteiger partial charge >= 0.3 is 0 Å². The number of nitrogens with zero attached hydrogens (tertiary/aromatic N) is 6. The maximum atomic E-state index is 5.67. The lowest BCUT2D eigenvalue weighted by Gasteiger charge is -2.09. The van der Waals surface area contributed by atoms with E-state index in [1.807, 2.05) is 14.1 Å². The Labute approximate surface area is 89.0 Å². The van der Waals surface area contributed by atoms with E-state index in [2.05, 4.69) is 27.4 Å². The minimum Gasteiger partial charge on any atom is -0.369 e. The van der Waals surface area contributed by atoms with Crippen molar-refractivity contribution in [3.05, 3.63) is 0 Å². The van der Waals surface area contributed by atoms with Gasteiger partial charge in [-0.3, -0.25) is 0 Å². The van der Waals surface area contributed by atoms with Crippen molar-refractivity contribution in [2.45, 2.75) is 26.3 Å². The van der Waals surface area contributed by atoms with Crippen molar-refractivity contribution in [2.75, 3.05) is 14.1 Å². The zero-order valence-electron chi connectivity index (χ0n) is 9.38. The number of aliphatic imine (C=N–C) groups is 1. The zero-order valence-corrected chi connectivity index (χ0v) is 9.38. The average Bonchev–Trinajstić information content (AvgIpc) is 2.62. The number of aromatic nitrogens is 4. The highest BCUT2D eigenvalue weighted by Crippen LogP contribution is 2.06. The molecule has 0 unspecified atom stereocenters. The number of aryl methyl sites for hydroxylation is 1. The average molecular weight is 211 g/mol. The lowest BCUT2D eigenvalue weighted by Crippen LogP contribution is -2.30. The van der Waals surface area contributed by atoms with Gasteiger partial charge in [0, 0.05) is 20.6 Å². The van der Waals surface area contributed by atoms with Crippen LogP contribution in [0.15, 0.2) is 4.99 Å². The topological polar surface area (TPSA) is 85.2 Å². The van der Waals surface area contributed by atoms with Crippen LogP contribution < -0.4 is 5.73 Å². The SMILES string of the molecule is CCCCn1nnnc1N=C(N)N(C)C. The monoisotopic (exact) mass is 211 g/mol. The fourth-order valence-electron chi connectivity index (χ4n) is 0.935. The predicted octanol–water partition coefficient (Wildman–Crippen LogP) is -0.0190. The second kappa shape index (κ2) is 5.28. The maximum Gasteiger partial charge on any atom is 0.272 e. The third-order valence-electron chi connectivity index (χ3n) is 1.91. The minimum atomic E-state index is 0.391. The third kappa shape index (κ3) is 3.19. The summed E-state index contributed by atoms with van der Waals surface area (Å²) in [4.78, 5) is 5.83. The first-order valence-electron chi connectivity index (χ1n) is 4.92. The molecule has 0 bridgehead atoms. The highest BCUT2D eigenvalue weighted by atomic mass is 15.6. The molecule has 84 valence electrons. The van der Waals surface area contributed by atoms with Gasteiger partial charge in [0.1, 0.15) is 0 Å². The van der Waals surface area contributed by atoms with Gasteiger partial charge in [0.15, 0.2) is 5.96 Å². The van der Waals surface area contributed by atoms with E-state index in [4.69, 9.17) is 5.73 Å². The Morgan fingerprint density at radius 3 is 2.87 bits per heavy atom. The van der Waals surface area contributed by atoms with E-state index in [1.54, 1.807) is 9.58 Å². The first-order valence-corrected chi connectivity index (χ1v) is 4.92. The number of nitrogens with two attached hydrogens (primary N) is 1. The van der Waals surface area contributed by atoms with E-state index < -0.39 is 0 Å². The maximum absolute atomic E-state index is 5.67. The Morgan fingerprint density at radius 2 is 2.27 bits per heavy atom. The molecule has 15 heavy (non-hydrogen) atoms. The van der Waals surface area contributed by atoms with Crippen LogP contribution in [0.25, 0.3) is 0 Å². The smallest absolute Gasteiger partial charge is 0.272 e. The molecular formula is C8H17N7. The van der Waals surface area contributed by atoms with Gasteiger partial charge in [-0.1, -0.05) is 18.4 Å². The summed E-state index contributed by atoms with van der Waals surface area (Å²) >= 11 is 0. The molecule has 0 atom stereocenters. The van der Waals surface area contributed by atoms with Crippen molar-refractivity contribution in [1.82, 2.24) is 25.1 Å². The second-order valence-corrected chi connectivity index (χ2v) is 3.42. The number of tetrazole rings is 1. The normalized spacial score (nSPS) is 11.8. The van der Waals surface area contributed by atoms with Crippen LogP contribution in [0, 0.1) is 0 Å². The summed E-state index contributed by atoms with van der Waals surface area (Å²) in [6, 6.07) is 0. The Hall–Kier alpha value is -1.66. The molecule has 0 radical (unpaired) electrons. The van der Waals surface area contributed by atoms with Gasteiger partial charge in [-0.05, 0) is 16.8 Å². The quantitative estimate of drug-likeness (QED) is 0.559. The molecule has 2 N–H and O–H groups in total. The molecule has 0 saturated heterocycles. The highest BCUT2D eigenvalue weighted by Gasteiger charge is 2.05. The van der Waals surface area contributed by atoms with E-state index in [0.29, 0.717) is 11.9 Å². The van der Waals surface area contributed by atoms with Crippen LogP contribution in [0.2, 0.25) is 0 Å². The molecule has 1 aromatic rings. The van der Waals surface area contributed by atoms with Crippen molar-refractivity contribution in [3.63, 3.8) is 0 Å². The first-order chi connectivity index (χ1) is 7.15. The molecule has 1 aromatic heterocycles. The molecule has 0 spiro atoms. The summed E-state index contributed by atoms with van der Waals surface area (Å²) in [6.07, 6.45) is 2.11. The van der Waals surface area contributed by atoms with Crippen molar-refractivity contribution in [2.24, 2.45) is 10.7 Å². The summed E-state index contributed by atoms with van der Waals surface area (Å²) in [5.74, 6) is 0.845. The molecule has 0 amide bonds. The van der Waals surface area contributed by atoms with E-state index >= 15 is 0 Å². The van der Waals surface area contributed by atoms with Crippen molar-refractivity contribution in [1.29, 1.82) is 0 Å².